The number of nitrogens with zero attached hydrogens (tertiary/aromatic N) is 7. The van der Waals surface area contributed by atoms with Crippen molar-refractivity contribution in [2.24, 2.45) is 0 Å². The van der Waals surface area contributed by atoms with Crippen molar-refractivity contribution in [1.82, 2.24) is 24.8 Å². The predicted octanol–water partition coefficient (Wildman–Crippen LogP) is 5.43. The molecular weight excluding hydrogens is 581 g/mol. The number of halogens is 2. The fourth-order valence-electron chi connectivity index (χ4n) is 6.16. The van der Waals surface area contributed by atoms with Gasteiger partial charge in [0, 0.05) is 47.7 Å². The molecule has 11 heteroatoms. The molecule has 6 rings (SSSR count). The molecule has 4 heterocycles. The lowest BCUT2D eigenvalue weighted by Gasteiger charge is -2.41. The maximum atomic E-state index is 12.8. The fourth-order valence-corrected chi connectivity index (χ4v) is 6.44. The quantitative estimate of drug-likeness (QED) is 0.243. The maximum absolute atomic E-state index is 12.8. The van der Waals surface area contributed by atoms with Gasteiger partial charge in [-0.2, -0.15) is 15.2 Å². The topological polar surface area (TPSA) is 98.5 Å². The number of hydrogen-bond donors (Lipinski definition) is 0. The van der Waals surface area contributed by atoms with Crippen molar-refractivity contribution in [2.75, 3.05) is 51.4 Å². The molecule has 0 N–H and O–H groups in total. The number of hydrogen-bond acceptors (Lipinski definition) is 8. The van der Waals surface area contributed by atoms with Crippen LogP contribution in [0.5, 0.6) is 6.01 Å². The molecule has 0 bridgehead atoms. The summed E-state index contributed by atoms with van der Waals surface area (Å²) in [5.41, 5.74) is 2.10. The highest BCUT2D eigenvalue weighted by molar-refractivity contribution is 6.36. The van der Waals surface area contributed by atoms with Crippen molar-refractivity contribution in [3.8, 4) is 23.3 Å². The standard InChI is InChI=1S/C33H33ClFN7O2/c1-40-17-5-8-24(40)21-44-33-38-31-26(12-13-28(37-31)25-9-2-6-22-7-3-10-27(34)30(22)25)32(39-33)41-18-19-42(23(20-41)14-16-36)29(43)11-4-15-35/h2-4,6-7,9-13,23-24H,5,8,14-15,17-21H2,1H3/b11-4+. The second-order valence-corrected chi connectivity index (χ2v) is 11.6. The second-order valence-electron chi connectivity index (χ2n) is 11.2. The van der Waals surface area contributed by atoms with Crippen LogP contribution in [0.15, 0.2) is 60.7 Å². The van der Waals surface area contributed by atoms with Gasteiger partial charge in [-0.1, -0.05) is 41.9 Å². The van der Waals surface area contributed by atoms with Crippen molar-refractivity contribution >= 4 is 45.1 Å². The molecule has 4 aromatic rings. The molecule has 0 radical (unpaired) electrons. The first kappa shape index (κ1) is 29.7. The highest BCUT2D eigenvalue weighted by atomic mass is 35.5. The highest BCUT2D eigenvalue weighted by Gasteiger charge is 2.31. The minimum atomic E-state index is -0.721. The van der Waals surface area contributed by atoms with E-state index in [1.807, 2.05) is 48.5 Å². The van der Waals surface area contributed by atoms with E-state index in [0.717, 1.165) is 46.8 Å². The van der Waals surface area contributed by atoms with E-state index in [1.165, 1.54) is 12.2 Å². The van der Waals surface area contributed by atoms with Crippen LogP contribution in [0.25, 0.3) is 33.1 Å². The van der Waals surface area contributed by atoms with Crippen LogP contribution in [0, 0.1) is 11.3 Å². The van der Waals surface area contributed by atoms with Crippen LogP contribution in [0.2, 0.25) is 5.02 Å². The van der Waals surface area contributed by atoms with Crippen LogP contribution in [0.3, 0.4) is 0 Å². The lowest BCUT2D eigenvalue weighted by molar-refractivity contribution is -0.128. The van der Waals surface area contributed by atoms with E-state index in [-0.39, 0.29) is 24.4 Å². The van der Waals surface area contributed by atoms with E-state index in [0.29, 0.717) is 42.7 Å². The predicted molar refractivity (Wildman–Crippen MR) is 169 cm³/mol. The van der Waals surface area contributed by atoms with Crippen LogP contribution < -0.4 is 9.64 Å². The zero-order valence-electron chi connectivity index (χ0n) is 24.5. The Hall–Kier alpha value is -4.33. The van der Waals surface area contributed by atoms with Gasteiger partial charge in [-0.3, -0.25) is 4.79 Å². The Morgan fingerprint density at radius 1 is 1.11 bits per heavy atom. The summed E-state index contributed by atoms with van der Waals surface area (Å²) in [7, 11) is 2.09. The molecule has 2 aliphatic heterocycles. The Kier molecular flexibility index (Phi) is 8.87. The van der Waals surface area contributed by atoms with Crippen molar-refractivity contribution in [1.29, 1.82) is 5.26 Å². The minimum absolute atomic E-state index is 0.135. The number of amides is 1. The number of nitriles is 1. The average molecular weight is 614 g/mol. The third kappa shape index (κ3) is 6.03. The van der Waals surface area contributed by atoms with E-state index in [2.05, 4.69) is 22.9 Å². The van der Waals surface area contributed by atoms with Crippen LogP contribution in [-0.2, 0) is 4.79 Å². The number of piperazine rings is 1. The zero-order valence-corrected chi connectivity index (χ0v) is 25.3. The summed E-state index contributed by atoms with van der Waals surface area (Å²) >= 11 is 6.64. The number of fused-ring (bicyclic) bond motifs is 2. The zero-order chi connectivity index (χ0) is 30.6. The van der Waals surface area contributed by atoms with Gasteiger partial charge in [0.25, 0.3) is 0 Å². The first-order valence-electron chi connectivity index (χ1n) is 14.8. The van der Waals surface area contributed by atoms with Gasteiger partial charge in [-0.05, 0) is 56.1 Å². The number of allylic oxidation sites excluding steroid dienone is 1. The number of alkyl halides is 1. The molecule has 2 fully saturated rings. The van der Waals surface area contributed by atoms with E-state index in [4.69, 9.17) is 31.3 Å². The van der Waals surface area contributed by atoms with E-state index in [1.54, 1.807) is 4.90 Å². The van der Waals surface area contributed by atoms with Gasteiger partial charge in [0.1, 0.15) is 19.1 Å². The average Bonchev–Trinajstić information content (AvgIpc) is 3.46. The lowest BCUT2D eigenvalue weighted by Crippen LogP contribution is -2.55. The van der Waals surface area contributed by atoms with Gasteiger partial charge >= 0.3 is 6.01 Å². The molecule has 0 saturated carbocycles. The number of ether oxygens (including phenoxy) is 1. The molecule has 2 saturated heterocycles. The summed E-state index contributed by atoms with van der Waals surface area (Å²) in [6.07, 6.45) is 4.72. The smallest absolute Gasteiger partial charge is 0.320 e. The van der Waals surface area contributed by atoms with Crippen molar-refractivity contribution in [2.45, 2.75) is 31.3 Å². The number of rotatable bonds is 8. The third-order valence-corrected chi connectivity index (χ3v) is 8.78. The number of carbonyl (C=O) groups excluding carboxylic acids is 1. The van der Waals surface area contributed by atoms with Crippen molar-refractivity contribution in [3.63, 3.8) is 0 Å². The Morgan fingerprint density at radius 3 is 2.73 bits per heavy atom. The fraction of sp³-hybridized carbons (Fsp3) is 0.364. The molecule has 0 aliphatic carbocycles. The first-order chi connectivity index (χ1) is 21.5. The molecule has 2 aromatic heterocycles. The van der Waals surface area contributed by atoms with Gasteiger partial charge in [0.05, 0.1) is 29.6 Å². The molecule has 226 valence electrons. The minimum Gasteiger partial charge on any atom is -0.462 e. The van der Waals surface area contributed by atoms with E-state index < -0.39 is 12.7 Å². The molecule has 9 nitrogen and oxygen atoms in total. The number of anilines is 1. The molecule has 2 unspecified atom stereocenters. The Balaban J connectivity index is 1.40. The molecular formula is C33H33ClFN7O2. The maximum Gasteiger partial charge on any atom is 0.320 e. The number of pyridine rings is 1. The first-order valence-corrected chi connectivity index (χ1v) is 15.2. The van der Waals surface area contributed by atoms with Gasteiger partial charge in [0.15, 0.2) is 5.65 Å². The monoisotopic (exact) mass is 613 g/mol. The molecule has 2 atom stereocenters. The third-order valence-electron chi connectivity index (χ3n) is 8.47. The molecule has 2 aromatic carbocycles. The highest BCUT2D eigenvalue weighted by Crippen LogP contribution is 2.35. The summed E-state index contributed by atoms with van der Waals surface area (Å²) in [4.78, 5) is 33.3. The second kappa shape index (κ2) is 13.1. The number of likely N-dealkylation sites (N-methyl/N-ethyl adjacent to an activating group) is 1. The molecule has 0 spiro atoms. The Bertz CT molecular complexity index is 1750. The van der Waals surface area contributed by atoms with Crippen LogP contribution in [0.1, 0.15) is 19.3 Å². The number of benzene rings is 2. The van der Waals surface area contributed by atoms with Crippen molar-refractivity contribution < 1.29 is 13.9 Å². The van der Waals surface area contributed by atoms with Crippen LogP contribution >= 0.6 is 11.6 Å². The lowest BCUT2D eigenvalue weighted by atomic mass is 10.0. The Labute approximate surface area is 260 Å². The summed E-state index contributed by atoms with van der Waals surface area (Å²) in [6.45, 7) is 1.97. The SMILES string of the molecule is CN1CCCC1COc1nc(N2CCN(C(=O)/C=C/CF)C(CC#N)C2)c2ccc(-c3cccc4cccc(Cl)c34)nc2n1. The van der Waals surface area contributed by atoms with Gasteiger partial charge in [-0.25, -0.2) is 9.37 Å². The van der Waals surface area contributed by atoms with Gasteiger partial charge in [-0.15, -0.1) is 0 Å². The number of likely N-dealkylation sites (tertiary alicyclic amines) is 1. The number of aromatic nitrogens is 3. The normalized spacial score (nSPS) is 19.2. The van der Waals surface area contributed by atoms with Crippen molar-refractivity contribution in [3.05, 3.63) is 65.7 Å². The van der Waals surface area contributed by atoms with E-state index in [9.17, 15) is 14.4 Å². The number of carbonyl (C=O) groups is 1. The summed E-state index contributed by atoms with van der Waals surface area (Å²) in [5, 5.41) is 12.9. The molecule has 44 heavy (non-hydrogen) atoms. The summed E-state index contributed by atoms with van der Waals surface area (Å²) < 4.78 is 18.9. The summed E-state index contributed by atoms with van der Waals surface area (Å²) in [5.74, 6) is 0.328. The largest absolute Gasteiger partial charge is 0.462 e. The van der Waals surface area contributed by atoms with Gasteiger partial charge < -0.3 is 19.4 Å². The van der Waals surface area contributed by atoms with E-state index >= 15 is 0 Å². The summed E-state index contributed by atoms with van der Waals surface area (Å²) in [6, 6.07) is 18.0. The molecule has 1 amide bonds. The molecule has 2 aliphatic rings. The van der Waals surface area contributed by atoms with Crippen LogP contribution in [-0.4, -0.2) is 89.3 Å². The Morgan fingerprint density at radius 2 is 1.95 bits per heavy atom. The van der Waals surface area contributed by atoms with Gasteiger partial charge in [0.2, 0.25) is 5.91 Å². The van der Waals surface area contributed by atoms with Crippen LogP contribution in [0.4, 0.5) is 10.2 Å².